The number of rotatable bonds is 8. The molecule has 0 spiro atoms. The number of nitrogens with zero attached hydrogens (tertiary/aromatic N) is 4. The molecule has 1 aliphatic rings. The van der Waals surface area contributed by atoms with Gasteiger partial charge in [-0.3, -0.25) is 19.0 Å². The molecule has 180 valence electrons. The summed E-state index contributed by atoms with van der Waals surface area (Å²) in [7, 11) is 1.57. The van der Waals surface area contributed by atoms with E-state index in [0.29, 0.717) is 40.0 Å². The first-order valence-corrected chi connectivity index (χ1v) is 12.1. The summed E-state index contributed by atoms with van der Waals surface area (Å²) >= 11 is 1.25. The quantitative estimate of drug-likeness (QED) is 0.503. The maximum absolute atomic E-state index is 13.0. The van der Waals surface area contributed by atoms with E-state index in [4.69, 9.17) is 4.74 Å². The molecule has 3 aromatic rings. The lowest BCUT2D eigenvalue weighted by Crippen LogP contribution is -2.43. The van der Waals surface area contributed by atoms with Gasteiger partial charge in [-0.1, -0.05) is 18.3 Å². The Kier molecular flexibility index (Phi) is 7.41. The molecule has 3 heterocycles. The smallest absolute Gasteiger partial charge is 0.273 e. The van der Waals surface area contributed by atoms with Gasteiger partial charge in [0.1, 0.15) is 23.3 Å². The average Bonchev–Trinajstić information content (AvgIpc) is 3.30. The van der Waals surface area contributed by atoms with Crippen molar-refractivity contribution in [2.45, 2.75) is 32.7 Å². The molecule has 0 saturated carbocycles. The first-order valence-electron chi connectivity index (χ1n) is 11.3. The normalized spacial score (nSPS) is 15.8. The van der Waals surface area contributed by atoms with Crippen LogP contribution in [0.5, 0.6) is 5.75 Å². The van der Waals surface area contributed by atoms with Crippen molar-refractivity contribution >= 4 is 44.3 Å². The Morgan fingerprint density at radius 1 is 1.26 bits per heavy atom. The number of thiazole rings is 1. The van der Waals surface area contributed by atoms with Crippen molar-refractivity contribution in [1.82, 2.24) is 19.9 Å². The lowest BCUT2D eigenvalue weighted by molar-refractivity contribution is -0.125. The summed E-state index contributed by atoms with van der Waals surface area (Å²) in [5.41, 5.74) is 0.651. The molecule has 1 aliphatic heterocycles. The molecular weight excluding hydrogens is 456 g/mol. The van der Waals surface area contributed by atoms with Gasteiger partial charge in [-0.15, -0.1) is 0 Å². The molecule has 11 heteroatoms. The topological polar surface area (TPSA) is 118 Å². The fourth-order valence-corrected chi connectivity index (χ4v) is 4.87. The van der Waals surface area contributed by atoms with Gasteiger partial charge < -0.3 is 20.3 Å². The number of anilines is 2. The van der Waals surface area contributed by atoms with Gasteiger partial charge in [0, 0.05) is 25.3 Å². The van der Waals surface area contributed by atoms with E-state index in [9.17, 15) is 14.4 Å². The standard InChI is InChI=1S/C23H28N6O4S/c1-3-10-24-21(31)15-5-4-11-28(12-15)23-27-20-19(34-23)22(32)29(14-25-20)13-18(30)26-16-6-8-17(33-2)9-7-16/h6-9,14-15H,3-5,10-13H2,1-2H3,(H,24,31)(H,26,30). The largest absolute Gasteiger partial charge is 0.497 e. The summed E-state index contributed by atoms with van der Waals surface area (Å²) in [5, 5.41) is 6.40. The third kappa shape index (κ3) is 5.36. The number of nitrogens with one attached hydrogen (secondary N) is 2. The number of ether oxygens (including phenoxy) is 1. The summed E-state index contributed by atoms with van der Waals surface area (Å²) in [6, 6.07) is 6.94. The van der Waals surface area contributed by atoms with Gasteiger partial charge in [0.05, 0.1) is 13.0 Å². The molecule has 4 rings (SSSR count). The highest BCUT2D eigenvalue weighted by Crippen LogP contribution is 2.29. The SMILES string of the molecule is CCCNC(=O)C1CCCN(c2nc3ncn(CC(=O)Nc4ccc(OC)cc4)c(=O)c3s2)C1. The van der Waals surface area contributed by atoms with E-state index in [-0.39, 0.29) is 29.8 Å². The second-order valence-corrected chi connectivity index (χ2v) is 9.16. The van der Waals surface area contributed by atoms with Crippen LogP contribution in [0.2, 0.25) is 0 Å². The molecule has 1 aromatic carbocycles. The summed E-state index contributed by atoms with van der Waals surface area (Å²) in [5.74, 6) is 0.316. The Bertz CT molecular complexity index is 1220. The Labute approximate surface area is 201 Å². The number of methoxy groups -OCH3 is 1. The lowest BCUT2D eigenvalue weighted by atomic mass is 9.97. The number of hydrogen-bond acceptors (Lipinski definition) is 8. The monoisotopic (exact) mass is 484 g/mol. The minimum absolute atomic E-state index is 0.0658. The zero-order chi connectivity index (χ0) is 24.1. The van der Waals surface area contributed by atoms with Crippen molar-refractivity contribution in [2.24, 2.45) is 5.92 Å². The Morgan fingerprint density at radius 2 is 2.06 bits per heavy atom. The number of fused-ring (bicyclic) bond motifs is 1. The molecule has 34 heavy (non-hydrogen) atoms. The van der Waals surface area contributed by atoms with Gasteiger partial charge in [0.2, 0.25) is 11.8 Å². The number of carbonyl (C=O) groups excluding carboxylic acids is 2. The van der Waals surface area contributed by atoms with Crippen LogP contribution in [-0.4, -0.2) is 53.1 Å². The first-order chi connectivity index (χ1) is 16.5. The van der Waals surface area contributed by atoms with Crippen molar-refractivity contribution in [1.29, 1.82) is 0 Å². The van der Waals surface area contributed by atoms with E-state index in [2.05, 4.69) is 20.6 Å². The van der Waals surface area contributed by atoms with Crippen molar-refractivity contribution in [3.8, 4) is 5.75 Å². The van der Waals surface area contributed by atoms with Crippen LogP contribution in [0.4, 0.5) is 10.8 Å². The lowest BCUT2D eigenvalue weighted by Gasteiger charge is -2.31. The van der Waals surface area contributed by atoms with Crippen LogP contribution < -0.4 is 25.8 Å². The second kappa shape index (κ2) is 10.6. The summed E-state index contributed by atoms with van der Waals surface area (Å²) < 4.78 is 6.78. The van der Waals surface area contributed by atoms with Gasteiger partial charge >= 0.3 is 0 Å². The van der Waals surface area contributed by atoms with Gasteiger partial charge in [0.15, 0.2) is 10.8 Å². The second-order valence-electron chi connectivity index (χ2n) is 8.18. The molecule has 2 N–H and O–H groups in total. The average molecular weight is 485 g/mol. The van der Waals surface area contributed by atoms with Crippen molar-refractivity contribution in [3.63, 3.8) is 0 Å². The number of carbonyl (C=O) groups is 2. The van der Waals surface area contributed by atoms with Gasteiger partial charge in [0.25, 0.3) is 5.56 Å². The third-order valence-corrected chi connectivity index (χ3v) is 6.77. The van der Waals surface area contributed by atoms with Gasteiger partial charge in [-0.05, 0) is 43.5 Å². The van der Waals surface area contributed by atoms with E-state index in [1.54, 1.807) is 31.4 Å². The van der Waals surface area contributed by atoms with Crippen LogP contribution >= 0.6 is 11.3 Å². The van der Waals surface area contributed by atoms with Crippen LogP contribution in [0.1, 0.15) is 26.2 Å². The molecule has 10 nitrogen and oxygen atoms in total. The molecule has 2 aromatic heterocycles. The number of piperidine rings is 1. The highest BCUT2D eigenvalue weighted by Gasteiger charge is 2.27. The van der Waals surface area contributed by atoms with E-state index in [1.165, 1.54) is 22.2 Å². The highest BCUT2D eigenvalue weighted by atomic mass is 32.1. The van der Waals surface area contributed by atoms with E-state index in [1.807, 2.05) is 11.8 Å². The van der Waals surface area contributed by atoms with Crippen molar-refractivity contribution in [2.75, 3.05) is 37.0 Å². The Hall–Kier alpha value is -3.47. The predicted octanol–water partition coefficient (Wildman–Crippen LogP) is 2.24. The van der Waals surface area contributed by atoms with Gasteiger partial charge in [-0.25, -0.2) is 4.98 Å². The molecule has 2 amide bonds. The first kappa shape index (κ1) is 23.7. The fraction of sp³-hybridized carbons (Fsp3) is 0.435. The number of amides is 2. The maximum atomic E-state index is 13.0. The van der Waals surface area contributed by atoms with Gasteiger partial charge in [-0.2, -0.15) is 4.98 Å². The fourth-order valence-electron chi connectivity index (χ4n) is 3.87. The Morgan fingerprint density at radius 3 is 2.79 bits per heavy atom. The van der Waals surface area contributed by atoms with Crippen molar-refractivity contribution in [3.05, 3.63) is 40.9 Å². The number of benzene rings is 1. The van der Waals surface area contributed by atoms with Crippen LogP contribution in [0.3, 0.4) is 0 Å². The van der Waals surface area contributed by atoms with Crippen LogP contribution in [0, 0.1) is 5.92 Å². The predicted molar refractivity (Wildman–Crippen MR) is 132 cm³/mol. The maximum Gasteiger partial charge on any atom is 0.273 e. The molecular formula is C23H28N6O4S. The number of aromatic nitrogens is 3. The summed E-state index contributed by atoms with van der Waals surface area (Å²) in [6.45, 7) is 3.87. The molecule has 0 radical (unpaired) electrons. The van der Waals surface area contributed by atoms with Crippen LogP contribution in [0.25, 0.3) is 10.3 Å². The molecule has 1 fully saturated rings. The highest BCUT2D eigenvalue weighted by molar-refractivity contribution is 7.22. The van der Waals surface area contributed by atoms with E-state index < -0.39 is 0 Å². The molecule has 0 aliphatic carbocycles. The zero-order valence-corrected chi connectivity index (χ0v) is 20.1. The summed E-state index contributed by atoms with van der Waals surface area (Å²) in [4.78, 5) is 48.7. The molecule has 0 bridgehead atoms. The minimum atomic E-state index is -0.338. The summed E-state index contributed by atoms with van der Waals surface area (Å²) in [6.07, 6.45) is 3.96. The zero-order valence-electron chi connectivity index (χ0n) is 19.2. The van der Waals surface area contributed by atoms with Crippen LogP contribution in [0.15, 0.2) is 35.4 Å². The Balaban J connectivity index is 1.46. The number of hydrogen-bond donors (Lipinski definition) is 2. The van der Waals surface area contributed by atoms with Crippen LogP contribution in [-0.2, 0) is 16.1 Å². The molecule has 1 saturated heterocycles. The molecule has 1 unspecified atom stereocenters. The van der Waals surface area contributed by atoms with E-state index >= 15 is 0 Å². The minimum Gasteiger partial charge on any atom is -0.497 e. The third-order valence-electron chi connectivity index (χ3n) is 5.67. The van der Waals surface area contributed by atoms with Crippen molar-refractivity contribution < 1.29 is 14.3 Å². The molecule has 1 atom stereocenters. The van der Waals surface area contributed by atoms with E-state index in [0.717, 1.165) is 25.8 Å².